The van der Waals surface area contributed by atoms with Crippen molar-refractivity contribution >= 4 is 11.7 Å². The molecule has 0 N–H and O–H groups in total. The summed E-state index contributed by atoms with van der Waals surface area (Å²) in [6, 6.07) is 12.6. The number of benzene rings is 2. The Morgan fingerprint density at radius 1 is 0.957 bits per heavy atom. The van der Waals surface area contributed by atoms with Crippen molar-refractivity contribution in [3.05, 3.63) is 71.0 Å². The van der Waals surface area contributed by atoms with Gasteiger partial charge in [-0.25, -0.2) is 4.39 Å². The van der Waals surface area contributed by atoms with Crippen LogP contribution in [0.25, 0.3) is 0 Å². The molecule has 0 atom stereocenters. The second-order valence-corrected chi connectivity index (χ2v) is 5.24. The van der Waals surface area contributed by atoms with Gasteiger partial charge in [-0.1, -0.05) is 18.2 Å². The highest BCUT2D eigenvalue weighted by molar-refractivity contribution is 6.01. The van der Waals surface area contributed by atoms with Gasteiger partial charge in [-0.05, 0) is 49.7 Å². The van der Waals surface area contributed by atoms with Crippen molar-refractivity contribution in [3.8, 4) is 0 Å². The molecule has 2 rings (SSSR count). The molecule has 0 fully saturated rings. The second-order valence-electron chi connectivity index (χ2n) is 5.24. The smallest absolute Gasteiger partial charge is 0.254 e. The van der Waals surface area contributed by atoms with E-state index in [1.807, 2.05) is 19.9 Å². The maximum absolute atomic E-state index is 13.0. The van der Waals surface area contributed by atoms with Crippen molar-refractivity contribution in [1.29, 1.82) is 0 Å². The van der Waals surface area contributed by atoms with E-state index in [9.17, 15) is 14.0 Å². The van der Waals surface area contributed by atoms with Gasteiger partial charge in [0, 0.05) is 30.6 Å². The quantitative estimate of drug-likeness (QED) is 0.762. The number of ketones is 1. The molecule has 120 valence electrons. The van der Waals surface area contributed by atoms with Gasteiger partial charge in [0.15, 0.2) is 5.78 Å². The number of amides is 1. The first kappa shape index (κ1) is 16.9. The van der Waals surface area contributed by atoms with Gasteiger partial charge in [0.05, 0.1) is 0 Å². The Hall–Kier alpha value is -2.49. The first-order valence-electron chi connectivity index (χ1n) is 7.72. The SMILES string of the molecule is CCN(CC)C(=O)c1ccccc1CC(=O)c1ccc(F)cc1. The van der Waals surface area contributed by atoms with E-state index in [0.29, 0.717) is 29.8 Å². The summed E-state index contributed by atoms with van der Waals surface area (Å²) in [6.07, 6.45) is 0.120. The summed E-state index contributed by atoms with van der Waals surface area (Å²) in [5.41, 5.74) is 1.68. The van der Waals surface area contributed by atoms with E-state index in [1.54, 1.807) is 23.1 Å². The van der Waals surface area contributed by atoms with Crippen LogP contribution in [0, 0.1) is 5.82 Å². The van der Waals surface area contributed by atoms with Crippen molar-refractivity contribution in [2.45, 2.75) is 20.3 Å². The van der Waals surface area contributed by atoms with Crippen LogP contribution < -0.4 is 0 Å². The zero-order valence-corrected chi connectivity index (χ0v) is 13.4. The molecule has 0 saturated carbocycles. The number of rotatable bonds is 6. The third kappa shape index (κ3) is 4.03. The van der Waals surface area contributed by atoms with Crippen molar-refractivity contribution in [2.24, 2.45) is 0 Å². The van der Waals surface area contributed by atoms with Crippen LogP contribution in [0.2, 0.25) is 0 Å². The maximum Gasteiger partial charge on any atom is 0.254 e. The number of hydrogen-bond donors (Lipinski definition) is 0. The highest BCUT2D eigenvalue weighted by Crippen LogP contribution is 2.15. The molecule has 0 aliphatic rings. The van der Waals surface area contributed by atoms with E-state index in [4.69, 9.17) is 0 Å². The molecule has 0 spiro atoms. The van der Waals surface area contributed by atoms with Crippen molar-refractivity contribution in [1.82, 2.24) is 4.90 Å². The van der Waals surface area contributed by atoms with Gasteiger partial charge in [0.25, 0.3) is 5.91 Å². The van der Waals surface area contributed by atoms with Crippen LogP contribution in [0.1, 0.15) is 40.1 Å². The normalized spacial score (nSPS) is 10.4. The molecule has 0 bridgehead atoms. The zero-order chi connectivity index (χ0) is 16.8. The van der Waals surface area contributed by atoms with E-state index in [1.165, 1.54) is 24.3 Å². The summed E-state index contributed by atoms with van der Waals surface area (Å²) in [5.74, 6) is -0.582. The average Bonchev–Trinajstić information content (AvgIpc) is 2.57. The van der Waals surface area contributed by atoms with Crippen LogP contribution in [-0.2, 0) is 6.42 Å². The zero-order valence-electron chi connectivity index (χ0n) is 13.4. The van der Waals surface area contributed by atoms with Gasteiger partial charge < -0.3 is 4.90 Å². The lowest BCUT2D eigenvalue weighted by atomic mass is 9.98. The predicted octanol–water partition coefficient (Wildman–Crippen LogP) is 3.73. The number of halogens is 1. The van der Waals surface area contributed by atoms with Gasteiger partial charge >= 0.3 is 0 Å². The van der Waals surface area contributed by atoms with E-state index < -0.39 is 0 Å². The Bertz CT molecular complexity index is 691. The van der Waals surface area contributed by atoms with Gasteiger partial charge in [0.2, 0.25) is 0 Å². The molecule has 0 heterocycles. The van der Waals surface area contributed by atoms with Gasteiger partial charge in [-0.2, -0.15) is 0 Å². The Morgan fingerprint density at radius 2 is 1.57 bits per heavy atom. The molecule has 0 saturated heterocycles. The summed E-state index contributed by atoms with van der Waals surface area (Å²) >= 11 is 0. The number of carbonyl (C=O) groups is 2. The molecule has 0 radical (unpaired) electrons. The van der Waals surface area contributed by atoms with Gasteiger partial charge in [-0.15, -0.1) is 0 Å². The number of nitrogens with zero attached hydrogens (tertiary/aromatic N) is 1. The van der Waals surface area contributed by atoms with Crippen LogP contribution in [0.4, 0.5) is 4.39 Å². The van der Waals surface area contributed by atoms with Crippen LogP contribution >= 0.6 is 0 Å². The predicted molar refractivity (Wildman–Crippen MR) is 88.1 cm³/mol. The summed E-state index contributed by atoms with van der Waals surface area (Å²) in [7, 11) is 0. The van der Waals surface area contributed by atoms with E-state index in [2.05, 4.69) is 0 Å². The Balaban J connectivity index is 2.25. The topological polar surface area (TPSA) is 37.4 Å². The van der Waals surface area contributed by atoms with Gasteiger partial charge in [-0.3, -0.25) is 9.59 Å². The molecule has 0 aromatic heterocycles. The largest absolute Gasteiger partial charge is 0.339 e. The number of carbonyl (C=O) groups excluding carboxylic acids is 2. The molecule has 1 amide bonds. The molecule has 2 aromatic carbocycles. The van der Waals surface area contributed by atoms with Crippen molar-refractivity contribution < 1.29 is 14.0 Å². The Labute approximate surface area is 135 Å². The van der Waals surface area contributed by atoms with Crippen LogP contribution in [0.3, 0.4) is 0 Å². The molecule has 4 heteroatoms. The highest BCUT2D eigenvalue weighted by atomic mass is 19.1. The van der Waals surface area contributed by atoms with Gasteiger partial charge in [0.1, 0.15) is 5.82 Å². The standard InChI is InChI=1S/C19H20FNO2/c1-3-21(4-2)19(23)17-8-6-5-7-15(17)13-18(22)14-9-11-16(20)12-10-14/h5-12H,3-4,13H2,1-2H3. The van der Waals surface area contributed by atoms with E-state index in [-0.39, 0.29) is 23.9 Å². The molecule has 3 nitrogen and oxygen atoms in total. The summed E-state index contributed by atoms with van der Waals surface area (Å²) in [6.45, 7) is 5.09. The lowest BCUT2D eigenvalue weighted by Crippen LogP contribution is -2.31. The lowest BCUT2D eigenvalue weighted by Gasteiger charge is -2.20. The fraction of sp³-hybridized carbons (Fsp3) is 0.263. The number of hydrogen-bond acceptors (Lipinski definition) is 2. The summed E-state index contributed by atoms with van der Waals surface area (Å²) in [4.78, 5) is 26.6. The molecule has 0 aliphatic heterocycles. The van der Waals surface area contributed by atoms with Crippen LogP contribution in [-0.4, -0.2) is 29.7 Å². The first-order chi connectivity index (χ1) is 11.1. The minimum Gasteiger partial charge on any atom is -0.339 e. The molecule has 0 unspecified atom stereocenters. The maximum atomic E-state index is 13.0. The summed E-state index contributed by atoms with van der Waals surface area (Å²) < 4.78 is 13.0. The van der Waals surface area contributed by atoms with Crippen LogP contribution in [0.5, 0.6) is 0 Å². The Morgan fingerprint density at radius 3 is 2.17 bits per heavy atom. The molecule has 2 aromatic rings. The monoisotopic (exact) mass is 313 g/mol. The minimum absolute atomic E-state index is 0.0718. The van der Waals surface area contributed by atoms with E-state index in [0.717, 1.165) is 0 Å². The Kier molecular flexibility index (Phi) is 5.63. The third-order valence-corrected chi connectivity index (χ3v) is 3.82. The minimum atomic E-state index is -0.376. The molecular weight excluding hydrogens is 293 g/mol. The summed E-state index contributed by atoms with van der Waals surface area (Å²) in [5, 5.41) is 0. The first-order valence-corrected chi connectivity index (χ1v) is 7.72. The third-order valence-electron chi connectivity index (χ3n) is 3.82. The van der Waals surface area contributed by atoms with Crippen molar-refractivity contribution in [3.63, 3.8) is 0 Å². The van der Waals surface area contributed by atoms with E-state index >= 15 is 0 Å². The average molecular weight is 313 g/mol. The second kappa shape index (κ2) is 7.68. The van der Waals surface area contributed by atoms with Crippen LogP contribution in [0.15, 0.2) is 48.5 Å². The fourth-order valence-corrected chi connectivity index (χ4v) is 2.48. The molecule has 0 aliphatic carbocycles. The highest BCUT2D eigenvalue weighted by Gasteiger charge is 2.18. The number of Topliss-reactive ketones (excluding diaryl/α,β-unsaturated/α-hetero) is 1. The molecular formula is C19H20FNO2. The molecule has 23 heavy (non-hydrogen) atoms. The fourth-order valence-electron chi connectivity index (χ4n) is 2.48. The van der Waals surface area contributed by atoms with Crippen molar-refractivity contribution in [2.75, 3.05) is 13.1 Å². The lowest BCUT2D eigenvalue weighted by molar-refractivity contribution is 0.0772.